The van der Waals surface area contributed by atoms with Gasteiger partial charge < -0.3 is 10.6 Å². The number of hydrogen-bond acceptors (Lipinski definition) is 6. The molecule has 0 radical (unpaired) electrons. The number of amides is 1. The number of carbonyl (C=O) groups excluding carboxylic acids is 1. The molecule has 2 rings (SSSR count). The van der Waals surface area contributed by atoms with Crippen LogP contribution < -0.4 is 10.6 Å². The predicted molar refractivity (Wildman–Crippen MR) is 89.2 cm³/mol. The smallest absolute Gasteiger partial charge is 0.234 e. The molecule has 0 aliphatic heterocycles. The van der Waals surface area contributed by atoms with Crippen LogP contribution >= 0.6 is 23.1 Å². The average molecular weight is 322 g/mol. The molecule has 112 valence electrons. The van der Waals surface area contributed by atoms with Crippen molar-refractivity contribution in [2.24, 2.45) is 0 Å². The van der Waals surface area contributed by atoms with E-state index in [0.29, 0.717) is 5.75 Å². The second-order valence-corrected chi connectivity index (χ2v) is 6.65. The molecule has 1 aromatic heterocycles. The first-order chi connectivity index (χ1) is 10.2. The molecule has 1 heterocycles. The predicted octanol–water partition coefficient (Wildman–Crippen LogP) is 3.40. The molecule has 0 spiro atoms. The summed E-state index contributed by atoms with van der Waals surface area (Å²) in [6.45, 7) is 4.95. The Balaban J connectivity index is 1.81. The maximum atomic E-state index is 11.9. The van der Waals surface area contributed by atoms with Gasteiger partial charge in [0, 0.05) is 12.2 Å². The third kappa shape index (κ3) is 5.02. The van der Waals surface area contributed by atoms with E-state index in [1.807, 2.05) is 31.2 Å². The van der Waals surface area contributed by atoms with Gasteiger partial charge in [-0.25, -0.2) is 0 Å². The number of nitrogens with zero attached hydrogens (tertiary/aromatic N) is 2. The highest BCUT2D eigenvalue weighted by atomic mass is 32.2. The van der Waals surface area contributed by atoms with Crippen molar-refractivity contribution >= 4 is 39.8 Å². The summed E-state index contributed by atoms with van der Waals surface area (Å²) in [4.78, 5) is 11.9. The maximum Gasteiger partial charge on any atom is 0.234 e. The first-order valence-corrected chi connectivity index (χ1v) is 8.55. The zero-order valence-corrected chi connectivity index (χ0v) is 13.7. The molecule has 1 aromatic carbocycles. The molecule has 0 saturated carbocycles. The number of benzene rings is 1. The first-order valence-electron chi connectivity index (χ1n) is 6.74. The van der Waals surface area contributed by atoms with Gasteiger partial charge in [-0.2, -0.15) is 0 Å². The number of aromatic nitrogens is 2. The maximum absolute atomic E-state index is 11.9. The standard InChI is InChI=1S/C14H18N4OS2/c1-3-8-15-13-17-18-14(21-13)20-9-12(19)16-11-7-5-4-6-10(11)2/h4-7H,3,8-9H2,1-2H3,(H,15,17)(H,16,19). The van der Waals surface area contributed by atoms with E-state index in [9.17, 15) is 4.79 Å². The Kier molecular flexibility index (Phi) is 6.01. The van der Waals surface area contributed by atoms with Gasteiger partial charge in [0.15, 0.2) is 4.34 Å². The lowest BCUT2D eigenvalue weighted by Crippen LogP contribution is -2.14. The van der Waals surface area contributed by atoms with E-state index in [-0.39, 0.29) is 5.91 Å². The second kappa shape index (κ2) is 7.99. The quantitative estimate of drug-likeness (QED) is 0.765. The van der Waals surface area contributed by atoms with Crippen LogP contribution in [0.2, 0.25) is 0 Å². The topological polar surface area (TPSA) is 66.9 Å². The third-order valence-electron chi connectivity index (χ3n) is 2.68. The minimum atomic E-state index is -0.0347. The minimum absolute atomic E-state index is 0.0347. The summed E-state index contributed by atoms with van der Waals surface area (Å²) in [5.41, 5.74) is 1.91. The molecule has 0 aliphatic carbocycles. The minimum Gasteiger partial charge on any atom is -0.360 e. The molecule has 1 amide bonds. The van der Waals surface area contributed by atoms with E-state index in [4.69, 9.17) is 0 Å². The van der Waals surface area contributed by atoms with Crippen LogP contribution in [0.3, 0.4) is 0 Å². The van der Waals surface area contributed by atoms with Gasteiger partial charge in [-0.1, -0.05) is 48.2 Å². The van der Waals surface area contributed by atoms with E-state index >= 15 is 0 Å². The van der Waals surface area contributed by atoms with Gasteiger partial charge in [0.25, 0.3) is 0 Å². The molecule has 7 heteroatoms. The van der Waals surface area contributed by atoms with Gasteiger partial charge in [-0.3, -0.25) is 4.79 Å². The van der Waals surface area contributed by atoms with Crippen molar-refractivity contribution in [3.05, 3.63) is 29.8 Å². The van der Waals surface area contributed by atoms with Crippen molar-refractivity contribution in [1.29, 1.82) is 0 Å². The number of hydrogen-bond donors (Lipinski definition) is 2. The summed E-state index contributed by atoms with van der Waals surface area (Å²) in [6, 6.07) is 7.73. The van der Waals surface area contributed by atoms with Gasteiger partial charge in [-0.15, -0.1) is 10.2 Å². The van der Waals surface area contributed by atoms with Gasteiger partial charge in [0.2, 0.25) is 11.0 Å². The fourth-order valence-electron chi connectivity index (χ4n) is 1.60. The Hall–Kier alpha value is -1.60. The normalized spacial score (nSPS) is 10.4. The molecule has 0 bridgehead atoms. The van der Waals surface area contributed by atoms with E-state index in [1.54, 1.807) is 0 Å². The highest BCUT2D eigenvalue weighted by Crippen LogP contribution is 2.25. The van der Waals surface area contributed by atoms with Gasteiger partial charge >= 0.3 is 0 Å². The van der Waals surface area contributed by atoms with Crippen LogP contribution in [0.5, 0.6) is 0 Å². The summed E-state index contributed by atoms with van der Waals surface area (Å²) in [7, 11) is 0. The van der Waals surface area contributed by atoms with Crippen LogP contribution in [0, 0.1) is 6.92 Å². The van der Waals surface area contributed by atoms with Crippen molar-refractivity contribution in [3.8, 4) is 0 Å². The average Bonchev–Trinajstić information content (AvgIpc) is 2.93. The van der Waals surface area contributed by atoms with E-state index < -0.39 is 0 Å². The molecule has 5 nitrogen and oxygen atoms in total. The molecule has 0 fully saturated rings. The number of aryl methyl sites for hydroxylation is 1. The lowest BCUT2D eigenvalue weighted by molar-refractivity contribution is -0.113. The third-order valence-corrected chi connectivity index (χ3v) is 4.69. The lowest BCUT2D eigenvalue weighted by atomic mass is 10.2. The van der Waals surface area contributed by atoms with Crippen molar-refractivity contribution in [2.45, 2.75) is 24.6 Å². The highest BCUT2D eigenvalue weighted by molar-refractivity contribution is 8.01. The molecule has 2 aromatic rings. The fraction of sp³-hybridized carbons (Fsp3) is 0.357. The molecule has 2 N–H and O–H groups in total. The summed E-state index contributed by atoms with van der Waals surface area (Å²) in [6.07, 6.45) is 1.04. The van der Waals surface area contributed by atoms with Crippen molar-refractivity contribution in [2.75, 3.05) is 22.9 Å². The zero-order valence-electron chi connectivity index (χ0n) is 12.0. The second-order valence-electron chi connectivity index (χ2n) is 4.45. The Labute approximate surface area is 132 Å². The highest BCUT2D eigenvalue weighted by Gasteiger charge is 2.09. The summed E-state index contributed by atoms with van der Waals surface area (Å²) >= 11 is 2.87. The summed E-state index contributed by atoms with van der Waals surface area (Å²) in [5, 5.41) is 15.0. The Morgan fingerprint density at radius 2 is 2.14 bits per heavy atom. The van der Waals surface area contributed by atoms with Crippen LogP contribution in [0.4, 0.5) is 10.8 Å². The van der Waals surface area contributed by atoms with Crippen LogP contribution in [0.15, 0.2) is 28.6 Å². The summed E-state index contributed by atoms with van der Waals surface area (Å²) in [5.74, 6) is 0.295. The summed E-state index contributed by atoms with van der Waals surface area (Å²) < 4.78 is 0.800. The molecule has 0 saturated heterocycles. The fourth-order valence-corrected chi connectivity index (χ4v) is 3.18. The van der Waals surface area contributed by atoms with E-state index in [0.717, 1.165) is 33.7 Å². The molecular formula is C14H18N4OS2. The van der Waals surface area contributed by atoms with Gasteiger partial charge in [-0.05, 0) is 25.0 Å². The Morgan fingerprint density at radius 1 is 1.33 bits per heavy atom. The van der Waals surface area contributed by atoms with Crippen molar-refractivity contribution in [1.82, 2.24) is 10.2 Å². The Morgan fingerprint density at radius 3 is 2.90 bits per heavy atom. The Bertz CT molecular complexity index is 600. The van der Waals surface area contributed by atoms with E-state index in [2.05, 4.69) is 27.8 Å². The molecule has 0 unspecified atom stereocenters. The number of thioether (sulfide) groups is 1. The van der Waals surface area contributed by atoms with E-state index in [1.165, 1.54) is 23.1 Å². The molecule has 0 aliphatic rings. The number of anilines is 2. The van der Waals surface area contributed by atoms with Crippen molar-refractivity contribution < 1.29 is 4.79 Å². The lowest BCUT2D eigenvalue weighted by Gasteiger charge is -2.06. The SMILES string of the molecule is CCCNc1nnc(SCC(=O)Nc2ccccc2C)s1. The van der Waals surface area contributed by atoms with Crippen LogP contribution in [0.25, 0.3) is 0 Å². The van der Waals surface area contributed by atoms with Crippen molar-refractivity contribution in [3.63, 3.8) is 0 Å². The number of nitrogens with one attached hydrogen (secondary N) is 2. The monoisotopic (exact) mass is 322 g/mol. The first kappa shape index (κ1) is 15.8. The molecule has 21 heavy (non-hydrogen) atoms. The zero-order chi connectivity index (χ0) is 15.1. The number of rotatable bonds is 7. The largest absolute Gasteiger partial charge is 0.360 e. The van der Waals surface area contributed by atoms with Crippen LogP contribution in [-0.4, -0.2) is 28.4 Å². The van der Waals surface area contributed by atoms with Gasteiger partial charge in [0.1, 0.15) is 0 Å². The number of para-hydroxylation sites is 1. The van der Waals surface area contributed by atoms with Crippen LogP contribution in [0.1, 0.15) is 18.9 Å². The molecule has 0 atom stereocenters. The number of carbonyl (C=O) groups is 1. The van der Waals surface area contributed by atoms with Gasteiger partial charge in [0.05, 0.1) is 5.75 Å². The van der Waals surface area contributed by atoms with Crippen LogP contribution in [-0.2, 0) is 4.79 Å². The molecular weight excluding hydrogens is 304 g/mol.